The third kappa shape index (κ3) is 5.26. The maximum Gasteiger partial charge on any atom is 0.342 e. The second-order valence-electron chi connectivity index (χ2n) is 8.15. The van der Waals surface area contributed by atoms with Crippen molar-refractivity contribution in [3.05, 3.63) is 87.4 Å². The Morgan fingerprint density at radius 3 is 1.97 bits per heavy atom. The monoisotopic (exact) mass is 550 g/mol. The van der Waals surface area contributed by atoms with Crippen molar-refractivity contribution in [3.8, 4) is 5.75 Å². The van der Waals surface area contributed by atoms with Crippen molar-refractivity contribution in [2.45, 2.75) is 0 Å². The van der Waals surface area contributed by atoms with Gasteiger partial charge in [0.1, 0.15) is 11.3 Å². The van der Waals surface area contributed by atoms with E-state index in [1.54, 1.807) is 12.1 Å². The molecule has 1 aliphatic rings. The van der Waals surface area contributed by atoms with Gasteiger partial charge in [0.2, 0.25) is 11.8 Å². The number of ether oxygens (including phenoxy) is 2. The number of nitrogens with one attached hydrogen (secondary N) is 1. The van der Waals surface area contributed by atoms with Gasteiger partial charge in [-0.2, -0.15) is 0 Å². The summed E-state index contributed by atoms with van der Waals surface area (Å²) in [5.41, 5.74) is 10.6. The average Bonchev–Trinajstić information content (AvgIpc) is 3.16. The van der Waals surface area contributed by atoms with Crippen LogP contribution in [0.2, 0.25) is 5.02 Å². The molecule has 12 nitrogen and oxygen atoms in total. The van der Waals surface area contributed by atoms with Gasteiger partial charge < -0.3 is 26.3 Å². The maximum atomic E-state index is 12.8. The number of hydrogen-bond donors (Lipinski definition) is 3. The lowest BCUT2D eigenvalue weighted by Crippen LogP contribution is -2.30. The smallest absolute Gasteiger partial charge is 0.342 e. The van der Waals surface area contributed by atoms with Crippen molar-refractivity contribution in [2.24, 2.45) is 11.5 Å². The Balaban J connectivity index is 1.50. The van der Waals surface area contributed by atoms with Crippen LogP contribution in [-0.2, 0) is 9.53 Å². The van der Waals surface area contributed by atoms with Crippen LogP contribution >= 0.6 is 11.6 Å². The number of halogens is 1. The average molecular weight is 551 g/mol. The van der Waals surface area contributed by atoms with E-state index in [0.29, 0.717) is 0 Å². The molecular weight excluding hydrogens is 532 g/mol. The molecule has 1 heterocycles. The van der Waals surface area contributed by atoms with Crippen molar-refractivity contribution in [1.82, 2.24) is 0 Å². The molecule has 0 atom stereocenters. The summed E-state index contributed by atoms with van der Waals surface area (Å²) < 4.78 is 10.3. The third-order valence-corrected chi connectivity index (χ3v) is 5.95. The largest absolute Gasteiger partial charge is 0.496 e. The Morgan fingerprint density at radius 2 is 1.46 bits per heavy atom. The van der Waals surface area contributed by atoms with Crippen molar-refractivity contribution in [1.29, 1.82) is 0 Å². The molecule has 13 heteroatoms. The predicted molar refractivity (Wildman–Crippen MR) is 138 cm³/mol. The number of carbonyl (C=O) groups excluding carboxylic acids is 6. The summed E-state index contributed by atoms with van der Waals surface area (Å²) in [6, 6.07) is 12.3. The molecule has 5 amide bonds. The number of amides is 5. The summed E-state index contributed by atoms with van der Waals surface area (Å²) in [5.74, 6) is -4.77. The standard InChI is InChI=1S/C26H19ClN4O8/c1-38-20-10-19(31-24(35)15-4-2-3-5-16(15)25(31)36)18(27)9-17(20)26(37)39-11-21(32)30-14-7-12(22(28)33)6-13(8-14)23(29)34/h2-10H,11H2,1H3,(H2,28,33)(H2,29,34)(H,30,32). The molecule has 0 fully saturated rings. The van der Waals surface area contributed by atoms with Crippen LogP contribution in [0.4, 0.5) is 11.4 Å². The first-order valence-electron chi connectivity index (χ1n) is 11.1. The lowest BCUT2D eigenvalue weighted by atomic mass is 10.1. The van der Waals surface area contributed by atoms with Crippen molar-refractivity contribution in [2.75, 3.05) is 23.9 Å². The number of rotatable bonds is 8. The molecule has 0 radical (unpaired) electrons. The van der Waals surface area contributed by atoms with Crippen molar-refractivity contribution < 1.29 is 38.2 Å². The molecule has 0 spiro atoms. The minimum Gasteiger partial charge on any atom is -0.496 e. The minimum absolute atomic E-state index is 0.00593. The normalized spacial score (nSPS) is 12.1. The number of nitrogens with zero attached hydrogens (tertiary/aromatic N) is 1. The fraction of sp³-hybridized carbons (Fsp3) is 0.0769. The first-order valence-corrected chi connectivity index (χ1v) is 11.5. The minimum atomic E-state index is -0.999. The van der Waals surface area contributed by atoms with Crippen LogP contribution in [0.25, 0.3) is 0 Å². The number of imide groups is 1. The molecule has 39 heavy (non-hydrogen) atoms. The fourth-order valence-corrected chi connectivity index (χ4v) is 4.09. The summed E-state index contributed by atoms with van der Waals surface area (Å²) in [4.78, 5) is 74.7. The molecule has 0 aliphatic carbocycles. The van der Waals surface area contributed by atoms with Gasteiger partial charge >= 0.3 is 5.97 Å². The number of anilines is 2. The summed E-state index contributed by atoms with van der Waals surface area (Å²) in [5, 5.41) is 2.25. The molecule has 0 bridgehead atoms. The van der Waals surface area contributed by atoms with Crippen LogP contribution < -0.4 is 26.4 Å². The zero-order valence-corrected chi connectivity index (χ0v) is 20.9. The van der Waals surface area contributed by atoms with Crippen molar-refractivity contribution in [3.63, 3.8) is 0 Å². The van der Waals surface area contributed by atoms with Gasteiger partial charge in [0.15, 0.2) is 6.61 Å². The number of carbonyl (C=O) groups is 6. The molecule has 3 aromatic rings. The van der Waals surface area contributed by atoms with E-state index in [0.717, 1.165) is 11.0 Å². The van der Waals surface area contributed by atoms with Gasteiger partial charge in [0.25, 0.3) is 17.7 Å². The zero-order chi connectivity index (χ0) is 28.4. The second kappa shape index (κ2) is 10.6. The molecule has 198 valence electrons. The van der Waals surface area contributed by atoms with Crippen molar-refractivity contribution >= 4 is 58.5 Å². The number of primary amides is 2. The van der Waals surface area contributed by atoms with E-state index >= 15 is 0 Å². The Kier molecular flexibility index (Phi) is 7.31. The number of benzene rings is 3. The summed E-state index contributed by atoms with van der Waals surface area (Å²) in [6.07, 6.45) is 0. The SMILES string of the molecule is COc1cc(N2C(=O)c3ccccc3C2=O)c(Cl)cc1C(=O)OCC(=O)Nc1cc(C(N)=O)cc(C(N)=O)c1. The van der Waals surface area contributed by atoms with Crippen LogP contribution in [0, 0.1) is 0 Å². The summed E-state index contributed by atoms with van der Waals surface area (Å²) in [6.45, 7) is -0.771. The predicted octanol–water partition coefficient (Wildman–Crippen LogP) is 2.14. The van der Waals surface area contributed by atoms with Gasteiger partial charge in [-0.15, -0.1) is 0 Å². The van der Waals surface area contributed by atoms with Gasteiger partial charge in [-0.3, -0.25) is 24.0 Å². The zero-order valence-electron chi connectivity index (χ0n) is 20.1. The molecule has 0 aromatic heterocycles. The number of methoxy groups -OCH3 is 1. The van der Waals surface area contributed by atoms with Gasteiger partial charge in [-0.05, 0) is 36.4 Å². The second-order valence-corrected chi connectivity index (χ2v) is 8.55. The van der Waals surface area contributed by atoms with E-state index in [2.05, 4.69) is 5.32 Å². The molecule has 4 rings (SSSR count). The number of hydrogen-bond acceptors (Lipinski definition) is 8. The molecule has 3 aromatic carbocycles. The highest BCUT2D eigenvalue weighted by Crippen LogP contribution is 2.38. The molecule has 0 unspecified atom stereocenters. The highest BCUT2D eigenvalue weighted by Gasteiger charge is 2.38. The third-order valence-electron chi connectivity index (χ3n) is 5.64. The van der Waals surface area contributed by atoms with Gasteiger partial charge in [-0.1, -0.05) is 23.7 Å². The number of nitrogens with two attached hydrogens (primary N) is 2. The quantitative estimate of drug-likeness (QED) is 0.281. The Labute approximate surface area is 225 Å². The first kappa shape index (κ1) is 26.8. The van der Waals surface area contributed by atoms with Gasteiger partial charge in [0, 0.05) is 22.9 Å². The van der Waals surface area contributed by atoms with Gasteiger partial charge in [0.05, 0.1) is 28.9 Å². The molecule has 0 saturated heterocycles. The molecule has 5 N–H and O–H groups in total. The lowest BCUT2D eigenvalue weighted by molar-refractivity contribution is -0.119. The van der Waals surface area contributed by atoms with Crippen LogP contribution in [0.5, 0.6) is 5.75 Å². The topological polar surface area (TPSA) is 188 Å². The summed E-state index contributed by atoms with van der Waals surface area (Å²) in [7, 11) is 1.25. The van der Waals surface area contributed by atoms with Crippen LogP contribution in [0.3, 0.4) is 0 Å². The number of esters is 1. The first-order chi connectivity index (χ1) is 18.5. The van der Waals surface area contributed by atoms with E-state index in [4.69, 9.17) is 32.5 Å². The maximum absolute atomic E-state index is 12.8. The van der Waals surface area contributed by atoms with Gasteiger partial charge in [-0.25, -0.2) is 9.69 Å². The van der Waals surface area contributed by atoms with Crippen LogP contribution in [0.1, 0.15) is 51.8 Å². The Bertz CT molecular complexity index is 1520. The van der Waals surface area contributed by atoms with E-state index in [1.165, 1.54) is 43.5 Å². The highest BCUT2D eigenvalue weighted by molar-refractivity contribution is 6.40. The van der Waals surface area contributed by atoms with E-state index in [9.17, 15) is 28.8 Å². The molecule has 1 aliphatic heterocycles. The van der Waals surface area contributed by atoms with Crippen LogP contribution in [0.15, 0.2) is 54.6 Å². The lowest BCUT2D eigenvalue weighted by Gasteiger charge is -2.18. The number of fused-ring (bicyclic) bond motifs is 1. The van der Waals surface area contributed by atoms with E-state index in [-0.39, 0.29) is 50.0 Å². The summed E-state index contributed by atoms with van der Waals surface area (Å²) >= 11 is 6.34. The Hall–Kier alpha value is -5.23. The van der Waals surface area contributed by atoms with Crippen LogP contribution in [-0.4, -0.2) is 49.2 Å². The highest BCUT2D eigenvalue weighted by atomic mass is 35.5. The van der Waals surface area contributed by atoms with E-state index < -0.39 is 42.1 Å². The van der Waals surface area contributed by atoms with E-state index in [1.807, 2.05) is 0 Å². The fourth-order valence-electron chi connectivity index (χ4n) is 3.84. The molecular formula is C26H19ClN4O8. The molecule has 0 saturated carbocycles. The Morgan fingerprint density at radius 1 is 0.897 bits per heavy atom.